The van der Waals surface area contributed by atoms with Gasteiger partial charge in [-0.15, -0.1) is 0 Å². The van der Waals surface area contributed by atoms with E-state index in [-0.39, 0.29) is 12.2 Å². The summed E-state index contributed by atoms with van der Waals surface area (Å²) in [5.41, 5.74) is -1.93. The fourth-order valence-electron chi connectivity index (χ4n) is 1.81. The van der Waals surface area contributed by atoms with Crippen molar-refractivity contribution in [2.75, 3.05) is 7.05 Å². The lowest BCUT2D eigenvalue weighted by molar-refractivity contribution is -0.336. The summed E-state index contributed by atoms with van der Waals surface area (Å²) in [5.74, 6) is -12.6. The SMILES string of the molecule is C=C(C)C(=O)OCc1ccc(C(=NC)C(F)(F)C(F)(F)C(F)(F)F)cc1. The van der Waals surface area contributed by atoms with E-state index in [1.807, 2.05) is 0 Å². The molecule has 0 saturated carbocycles. The molecule has 0 spiro atoms. The van der Waals surface area contributed by atoms with Gasteiger partial charge in [-0.3, -0.25) is 4.99 Å². The zero-order valence-corrected chi connectivity index (χ0v) is 13.6. The fraction of sp³-hybridized carbons (Fsp3) is 0.375. The van der Waals surface area contributed by atoms with Crippen LogP contribution in [0.25, 0.3) is 0 Å². The molecule has 0 heterocycles. The molecule has 0 aliphatic heterocycles. The van der Waals surface area contributed by atoms with E-state index in [9.17, 15) is 35.5 Å². The summed E-state index contributed by atoms with van der Waals surface area (Å²) in [6, 6.07) is 4.03. The lowest BCUT2D eigenvalue weighted by Crippen LogP contribution is -2.56. The van der Waals surface area contributed by atoms with Crippen LogP contribution in [0.15, 0.2) is 41.4 Å². The smallest absolute Gasteiger partial charge is 0.457 e. The Labute approximate surface area is 144 Å². The van der Waals surface area contributed by atoms with Crippen LogP contribution in [-0.4, -0.2) is 36.8 Å². The first-order chi connectivity index (χ1) is 11.8. The van der Waals surface area contributed by atoms with Crippen molar-refractivity contribution >= 4 is 11.7 Å². The minimum absolute atomic E-state index is 0.121. The van der Waals surface area contributed by atoms with E-state index in [1.165, 1.54) is 6.92 Å². The molecule has 0 N–H and O–H groups in total. The van der Waals surface area contributed by atoms with Crippen LogP contribution in [0.4, 0.5) is 30.7 Å². The number of ether oxygens (including phenoxy) is 1. The highest BCUT2D eigenvalue weighted by molar-refractivity contribution is 6.06. The van der Waals surface area contributed by atoms with Gasteiger partial charge in [-0.25, -0.2) is 4.79 Å². The molecule has 1 aromatic rings. The molecule has 0 atom stereocenters. The third kappa shape index (κ3) is 4.23. The van der Waals surface area contributed by atoms with Gasteiger partial charge < -0.3 is 4.74 Å². The Kier molecular flexibility index (Phi) is 6.22. The lowest BCUT2D eigenvalue weighted by Gasteiger charge is -2.29. The first kappa shape index (κ1) is 21.7. The number of nitrogens with zero attached hydrogens (tertiary/aromatic N) is 1. The van der Waals surface area contributed by atoms with Crippen molar-refractivity contribution < 1.29 is 40.3 Å². The van der Waals surface area contributed by atoms with Crippen LogP contribution < -0.4 is 0 Å². The minimum Gasteiger partial charge on any atom is -0.457 e. The zero-order valence-electron chi connectivity index (χ0n) is 13.6. The molecule has 1 rings (SSSR count). The number of alkyl halides is 7. The van der Waals surface area contributed by atoms with Crippen molar-refractivity contribution in [3.05, 3.63) is 47.5 Å². The van der Waals surface area contributed by atoms with Crippen LogP contribution in [0, 0.1) is 0 Å². The first-order valence-corrected chi connectivity index (χ1v) is 6.97. The third-order valence-corrected chi connectivity index (χ3v) is 3.22. The number of hydrogen-bond donors (Lipinski definition) is 0. The second kappa shape index (κ2) is 7.46. The van der Waals surface area contributed by atoms with Crippen molar-refractivity contribution in [2.45, 2.75) is 31.6 Å². The van der Waals surface area contributed by atoms with Crippen LogP contribution in [0.1, 0.15) is 18.1 Å². The number of carbonyl (C=O) groups excluding carboxylic acids is 1. The summed E-state index contributed by atoms with van der Waals surface area (Å²) in [6.45, 7) is 4.49. The average molecular weight is 385 g/mol. The Hall–Kier alpha value is -2.39. The van der Waals surface area contributed by atoms with E-state index in [1.54, 1.807) is 0 Å². The molecule has 1 aromatic carbocycles. The van der Waals surface area contributed by atoms with Crippen LogP contribution in [0.3, 0.4) is 0 Å². The summed E-state index contributed by atoms with van der Waals surface area (Å²) >= 11 is 0. The molecule has 0 fully saturated rings. The maximum Gasteiger partial charge on any atom is 0.460 e. The van der Waals surface area contributed by atoms with E-state index >= 15 is 0 Å². The Morgan fingerprint density at radius 3 is 1.96 bits per heavy atom. The molecule has 0 aliphatic carbocycles. The van der Waals surface area contributed by atoms with Gasteiger partial charge in [0.15, 0.2) is 0 Å². The lowest BCUT2D eigenvalue weighted by atomic mass is 9.98. The van der Waals surface area contributed by atoms with Crippen molar-refractivity contribution in [1.29, 1.82) is 0 Å². The summed E-state index contributed by atoms with van der Waals surface area (Å²) in [6.07, 6.45) is -6.46. The molecule has 10 heteroatoms. The van der Waals surface area contributed by atoms with E-state index in [0.29, 0.717) is 12.6 Å². The first-order valence-electron chi connectivity index (χ1n) is 6.97. The minimum atomic E-state index is -6.46. The van der Waals surface area contributed by atoms with Gasteiger partial charge >= 0.3 is 24.0 Å². The summed E-state index contributed by atoms with van der Waals surface area (Å²) in [7, 11) is 0.679. The molecule has 0 unspecified atom stereocenters. The highest BCUT2D eigenvalue weighted by atomic mass is 19.4. The largest absolute Gasteiger partial charge is 0.460 e. The highest BCUT2D eigenvalue weighted by Gasteiger charge is 2.74. The monoisotopic (exact) mass is 385 g/mol. The van der Waals surface area contributed by atoms with Gasteiger partial charge in [0.1, 0.15) is 12.3 Å². The molecule has 144 valence electrons. The maximum absolute atomic E-state index is 13.8. The van der Waals surface area contributed by atoms with Crippen molar-refractivity contribution in [2.24, 2.45) is 4.99 Å². The number of aliphatic imine (C=N–C) groups is 1. The number of carbonyl (C=O) groups is 1. The molecule has 0 aliphatic rings. The topological polar surface area (TPSA) is 38.7 Å². The molecule has 26 heavy (non-hydrogen) atoms. The summed E-state index contributed by atoms with van der Waals surface area (Å²) in [5, 5.41) is 0. The van der Waals surface area contributed by atoms with Crippen LogP contribution >= 0.6 is 0 Å². The van der Waals surface area contributed by atoms with E-state index in [4.69, 9.17) is 4.74 Å². The molecule has 0 saturated heterocycles. The Bertz CT molecular complexity index is 706. The molecular formula is C16H14F7NO2. The third-order valence-electron chi connectivity index (χ3n) is 3.22. The van der Waals surface area contributed by atoms with Crippen LogP contribution in [0.2, 0.25) is 0 Å². The van der Waals surface area contributed by atoms with Gasteiger partial charge in [0, 0.05) is 18.2 Å². The number of hydrogen-bond acceptors (Lipinski definition) is 3. The Morgan fingerprint density at radius 2 is 1.58 bits per heavy atom. The maximum atomic E-state index is 13.8. The summed E-state index contributed by atoms with van der Waals surface area (Å²) in [4.78, 5) is 14.2. The molecule has 3 nitrogen and oxygen atoms in total. The number of rotatable bonds is 6. The van der Waals surface area contributed by atoms with Gasteiger partial charge in [0.05, 0.1) is 0 Å². The predicted octanol–water partition coefficient (Wildman–Crippen LogP) is 4.56. The quantitative estimate of drug-likeness (QED) is 0.312. The molecular weight excluding hydrogens is 371 g/mol. The second-order valence-electron chi connectivity index (χ2n) is 5.27. The second-order valence-corrected chi connectivity index (χ2v) is 5.27. The van der Waals surface area contributed by atoms with Crippen molar-refractivity contribution in [1.82, 2.24) is 0 Å². The molecule has 0 aromatic heterocycles. The predicted molar refractivity (Wildman–Crippen MR) is 79.5 cm³/mol. The highest BCUT2D eigenvalue weighted by Crippen LogP contribution is 2.48. The van der Waals surface area contributed by atoms with Gasteiger partial charge in [0.2, 0.25) is 0 Å². The van der Waals surface area contributed by atoms with Crippen LogP contribution in [0.5, 0.6) is 0 Å². The Balaban J connectivity index is 3.09. The molecule has 0 bridgehead atoms. The normalized spacial score (nSPS) is 13.5. The van der Waals surface area contributed by atoms with Gasteiger partial charge in [-0.1, -0.05) is 30.8 Å². The Morgan fingerprint density at radius 1 is 1.08 bits per heavy atom. The fourth-order valence-corrected chi connectivity index (χ4v) is 1.81. The number of halogens is 7. The standard InChI is InChI=1S/C16H14F7NO2/c1-9(2)13(25)26-8-10-4-6-11(7-5-10)12(24-3)14(17,18)15(19,20)16(21,22)23/h4-7H,1,8H2,2-3H3. The number of esters is 1. The summed E-state index contributed by atoms with van der Waals surface area (Å²) < 4.78 is 95.7. The van der Waals surface area contributed by atoms with E-state index < -0.39 is 35.3 Å². The van der Waals surface area contributed by atoms with Crippen molar-refractivity contribution in [3.63, 3.8) is 0 Å². The van der Waals surface area contributed by atoms with Gasteiger partial charge in [-0.2, -0.15) is 30.7 Å². The molecule has 0 amide bonds. The average Bonchev–Trinajstić information content (AvgIpc) is 2.52. The van der Waals surface area contributed by atoms with Gasteiger partial charge in [0.25, 0.3) is 0 Å². The van der Waals surface area contributed by atoms with E-state index in [0.717, 1.165) is 24.3 Å². The van der Waals surface area contributed by atoms with Gasteiger partial charge in [-0.05, 0) is 12.5 Å². The number of benzene rings is 1. The zero-order chi connectivity index (χ0) is 20.3. The van der Waals surface area contributed by atoms with Crippen LogP contribution in [-0.2, 0) is 16.1 Å². The molecule has 0 radical (unpaired) electrons. The van der Waals surface area contributed by atoms with E-state index in [2.05, 4.69) is 11.6 Å². The van der Waals surface area contributed by atoms with Crippen molar-refractivity contribution in [3.8, 4) is 0 Å².